The Bertz CT molecular complexity index is 1890. The molecule has 5 aromatic rings. The number of carboxylic acids is 1. The molecule has 48 heavy (non-hydrogen) atoms. The van der Waals surface area contributed by atoms with Gasteiger partial charge in [-0.05, 0) is 53.3 Å². The second-order valence-electron chi connectivity index (χ2n) is 11.4. The summed E-state index contributed by atoms with van der Waals surface area (Å²) < 4.78 is 7.01. The van der Waals surface area contributed by atoms with E-state index < -0.39 is 23.1 Å². The van der Waals surface area contributed by atoms with Gasteiger partial charge in [-0.3, -0.25) is 10.4 Å². The van der Waals surface area contributed by atoms with Gasteiger partial charge in [0.25, 0.3) is 0 Å². The fraction of sp³-hybridized carbons (Fsp3) is 0.273. The molecule has 250 valence electrons. The molecule has 0 radical (unpaired) electrons. The van der Waals surface area contributed by atoms with E-state index in [9.17, 15) is 19.8 Å². The van der Waals surface area contributed by atoms with Crippen LogP contribution in [0.25, 0.3) is 22.5 Å². The van der Waals surface area contributed by atoms with Crippen molar-refractivity contribution in [1.82, 2.24) is 35.1 Å². The van der Waals surface area contributed by atoms with Crippen molar-refractivity contribution >= 4 is 12.1 Å². The number of aryl methyl sites for hydroxylation is 1. The molecule has 0 spiro atoms. The van der Waals surface area contributed by atoms with E-state index in [1.807, 2.05) is 49.4 Å². The van der Waals surface area contributed by atoms with Crippen molar-refractivity contribution in [3.63, 3.8) is 0 Å². The van der Waals surface area contributed by atoms with Crippen LogP contribution in [-0.4, -0.2) is 67.8 Å². The van der Waals surface area contributed by atoms with E-state index in [2.05, 4.69) is 25.2 Å². The topological polar surface area (TPSA) is 198 Å². The van der Waals surface area contributed by atoms with Gasteiger partial charge in [-0.1, -0.05) is 84.5 Å². The van der Waals surface area contributed by atoms with Crippen LogP contribution < -0.4 is 0 Å². The van der Waals surface area contributed by atoms with Gasteiger partial charge >= 0.3 is 12.1 Å². The van der Waals surface area contributed by atoms with Gasteiger partial charge in [0.1, 0.15) is 23.7 Å². The number of ether oxygens (including phenoxy) is 1. The molecule has 0 amide bonds. The summed E-state index contributed by atoms with van der Waals surface area (Å²) in [6.45, 7) is 4.96. The summed E-state index contributed by atoms with van der Waals surface area (Å²) in [5.74, 6) is -0.375. The van der Waals surface area contributed by atoms with Gasteiger partial charge in [0, 0.05) is 18.5 Å². The molecule has 2 heterocycles. The minimum absolute atomic E-state index is 0.0361. The molecule has 0 saturated carbocycles. The SMILES string of the molecule is CCCc1nc(C(C)(C)O)c(C(=O)O)n1Cc1ccc(-c2ccccc2-c2nnn(C(=O)OCc3ccccc3CON(O)O)n2)cc1. The summed E-state index contributed by atoms with van der Waals surface area (Å²) in [7, 11) is 0. The van der Waals surface area contributed by atoms with Crippen LogP contribution in [0, 0.1) is 0 Å². The van der Waals surface area contributed by atoms with Gasteiger partial charge in [-0.15, -0.1) is 10.2 Å². The minimum Gasteiger partial charge on any atom is -0.477 e. The van der Waals surface area contributed by atoms with Crippen LogP contribution >= 0.6 is 0 Å². The van der Waals surface area contributed by atoms with Crippen LogP contribution in [0.15, 0.2) is 72.8 Å². The second-order valence-corrected chi connectivity index (χ2v) is 11.4. The second kappa shape index (κ2) is 14.6. The lowest BCUT2D eigenvalue weighted by atomic mass is 9.98. The van der Waals surface area contributed by atoms with E-state index in [0.29, 0.717) is 28.9 Å². The highest BCUT2D eigenvalue weighted by Crippen LogP contribution is 2.31. The third-order valence-corrected chi connectivity index (χ3v) is 7.46. The molecule has 0 saturated heterocycles. The van der Waals surface area contributed by atoms with Crippen molar-refractivity contribution in [2.24, 2.45) is 0 Å². The molecule has 4 N–H and O–H groups in total. The van der Waals surface area contributed by atoms with Gasteiger partial charge in [0.2, 0.25) is 5.82 Å². The molecule has 0 aliphatic heterocycles. The Kier molecular flexibility index (Phi) is 10.4. The zero-order valence-corrected chi connectivity index (χ0v) is 26.5. The molecule has 0 atom stereocenters. The van der Waals surface area contributed by atoms with E-state index in [0.717, 1.165) is 27.9 Å². The maximum absolute atomic E-state index is 12.8. The number of benzene rings is 3. The summed E-state index contributed by atoms with van der Waals surface area (Å²) in [5, 5.41) is 50.1. The Labute approximate surface area is 275 Å². The van der Waals surface area contributed by atoms with Crippen molar-refractivity contribution < 1.29 is 39.8 Å². The fourth-order valence-electron chi connectivity index (χ4n) is 5.19. The lowest BCUT2D eigenvalue weighted by Crippen LogP contribution is -2.22. The molecule has 0 aliphatic rings. The zero-order valence-electron chi connectivity index (χ0n) is 26.5. The number of carboxylic acid groups (broad SMARTS) is 1. The molecule has 15 nitrogen and oxygen atoms in total. The first-order valence-electron chi connectivity index (χ1n) is 15.0. The molecule has 0 bridgehead atoms. The molecule has 2 aromatic heterocycles. The van der Waals surface area contributed by atoms with Gasteiger partial charge in [0.05, 0.1) is 12.0 Å². The van der Waals surface area contributed by atoms with Crippen LogP contribution in [0.1, 0.15) is 65.9 Å². The zero-order chi connectivity index (χ0) is 34.4. The third kappa shape index (κ3) is 7.79. The lowest BCUT2D eigenvalue weighted by molar-refractivity contribution is -0.497. The minimum atomic E-state index is -1.42. The normalized spacial score (nSPS) is 11.6. The van der Waals surface area contributed by atoms with Crippen molar-refractivity contribution in [2.75, 3.05) is 0 Å². The Morgan fingerprint density at radius 3 is 2.19 bits per heavy atom. The summed E-state index contributed by atoms with van der Waals surface area (Å²) in [6, 6.07) is 21.8. The van der Waals surface area contributed by atoms with Crippen molar-refractivity contribution in [1.29, 1.82) is 0 Å². The number of carbonyl (C=O) groups is 2. The van der Waals surface area contributed by atoms with Crippen LogP contribution in [0.3, 0.4) is 0 Å². The van der Waals surface area contributed by atoms with Crippen LogP contribution in [0.4, 0.5) is 4.79 Å². The molecule has 0 unspecified atom stereocenters. The predicted molar refractivity (Wildman–Crippen MR) is 168 cm³/mol. The molecule has 3 aromatic carbocycles. The number of hydrogen-bond donors (Lipinski definition) is 4. The first-order chi connectivity index (χ1) is 23.0. The molecular formula is C33H35N7O8. The Morgan fingerprint density at radius 2 is 1.56 bits per heavy atom. The quantitative estimate of drug-likeness (QED) is 0.126. The smallest absolute Gasteiger partial charge is 0.454 e. The summed E-state index contributed by atoms with van der Waals surface area (Å²) in [6.07, 6.45) is 0.444. The number of aliphatic hydroxyl groups is 1. The molecule has 15 heteroatoms. The van der Waals surface area contributed by atoms with E-state index in [-0.39, 0.29) is 37.0 Å². The van der Waals surface area contributed by atoms with Crippen molar-refractivity contribution in [3.05, 3.63) is 107 Å². The van der Waals surface area contributed by atoms with Gasteiger partial charge in [0.15, 0.2) is 5.69 Å². The number of rotatable bonds is 13. The highest BCUT2D eigenvalue weighted by atomic mass is 17.1. The number of nitrogens with zero attached hydrogens (tertiary/aromatic N) is 7. The van der Waals surface area contributed by atoms with Gasteiger partial charge in [-0.25, -0.2) is 19.4 Å². The average molecular weight is 658 g/mol. The standard InChI is InChI=1S/C33H35N7O8/c1-4-9-27-34-29(33(2,3)44)28(31(41)42)38(27)18-21-14-16-22(17-15-21)25-12-7-8-13-26(25)30-35-37-39(36-30)32(43)47-19-23-10-5-6-11-24(23)20-48-40(45)46/h5-8,10-17,44-46H,4,9,18-20H2,1-3H3,(H,41,42). The number of carbonyl (C=O) groups excluding carboxylic acids is 1. The van der Waals surface area contributed by atoms with Crippen molar-refractivity contribution in [3.8, 4) is 22.5 Å². The van der Waals surface area contributed by atoms with E-state index in [4.69, 9.17) is 15.2 Å². The first-order valence-corrected chi connectivity index (χ1v) is 15.0. The lowest BCUT2D eigenvalue weighted by Gasteiger charge is -2.16. The average Bonchev–Trinajstić information content (AvgIpc) is 3.70. The third-order valence-electron chi connectivity index (χ3n) is 7.46. The maximum Gasteiger partial charge on any atom is 0.454 e. The highest BCUT2D eigenvalue weighted by Gasteiger charge is 2.31. The highest BCUT2D eigenvalue weighted by molar-refractivity contribution is 5.87. The first kappa shape index (κ1) is 34.0. The van der Waals surface area contributed by atoms with E-state index in [1.54, 1.807) is 34.9 Å². The van der Waals surface area contributed by atoms with Crippen LogP contribution in [0.2, 0.25) is 0 Å². The number of hydrogen-bond acceptors (Lipinski definition) is 12. The number of aromatic nitrogens is 6. The summed E-state index contributed by atoms with van der Waals surface area (Å²) in [5.41, 5.74) is 2.87. The van der Waals surface area contributed by atoms with Gasteiger partial charge in [-0.2, -0.15) is 0 Å². The Balaban J connectivity index is 1.34. The fourth-order valence-corrected chi connectivity index (χ4v) is 5.19. The van der Waals surface area contributed by atoms with Crippen molar-refractivity contribution in [2.45, 2.75) is 59.0 Å². The Morgan fingerprint density at radius 1 is 0.917 bits per heavy atom. The monoisotopic (exact) mass is 657 g/mol. The predicted octanol–water partition coefficient (Wildman–Crippen LogP) is 4.83. The molecule has 0 fully saturated rings. The molecular weight excluding hydrogens is 622 g/mol. The number of imidazole rings is 1. The largest absolute Gasteiger partial charge is 0.477 e. The maximum atomic E-state index is 12.8. The number of tetrazole rings is 1. The molecule has 5 rings (SSSR count). The van der Waals surface area contributed by atoms with E-state index >= 15 is 0 Å². The van der Waals surface area contributed by atoms with E-state index in [1.165, 1.54) is 13.8 Å². The van der Waals surface area contributed by atoms with Gasteiger partial charge < -0.3 is 19.5 Å². The molecule has 0 aliphatic carbocycles. The van der Waals surface area contributed by atoms with Crippen LogP contribution in [-0.2, 0) is 41.4 Å². The summed E-state index contributed by atoms with van der Waals surface area (Å²) in [4.78, 5) is 35.0. The Hall–Kier alpha value is -5.32. The van der Waals surface area contributed by atoms with Crippen LogP contribution in [0.5, 0.6) is 0 Å². The summed E-state index contributed by atoms with van der Waals surface area (Å²) >= 11 is 0. The number of aromatic carboxylic acids is 1.